The largest absolute Gasteiger partial charge is 0.355 e. The molecule has 1 fully saturated rings. The van der Waals surface area contributed by atoms with E-state index in [0.29, 0.717) is 30.2 Å². The van der Waals surface area contributed by atoms with E-state index in [4.69, 9.17) is 0 Å². The zero-order chi connectivity index (χ0) is 19.2. The molecule has 0 heterocycles. The van der Waals surface area contributed by atoms with Gasteiger partial charge < -0.3 is 16.0 Å². The van der Waals surface area contributed by atoms with Crippen LogP contribution in [0.5, 0.6) is 0 Å². The fourth-order valence-corrected chi connectivity index (χ4v) is 3.28. The van der Waals surface area contributed by atoms with Crippen molar-refractivity contribution < 1.29 is 17.6 Å². The number of aliphatic imine (C=N–C) groups is 1. The van der Waals surface area contributed by atoms with E-state index in [0.717, 1.165) is 19.1 Å². The first-order valence-electron chi connectivity index (χ1n) is 8.46. The lowest BCUT2D eigenvalue weighted by Crippen LogP contribution is -2.41. The normalized spacial score (nSPS) is 14.8. The average Bonchev–Trinajstić information content (AvgIpc) is 3.40. The van der Waals surface area contributed by atoms with Crippen molar-refractivity contribution in [2.45, 2.75) is 25.1 Å². The molecule has 7 nitrogen and oxygen atoms in total. The molecule has 26 heavy (non-hydrogen) atoms. The van der Waals surface area contributed by atoms with Gasteiger partial charge in [-0.3, -0.25) is 9.79 Å². The first-order chi connectivity index (χ1) is 12.3. The van der Waals surface area contributed by atoms with Gasteiger partial charge in [0.25, 0.3) is 0 Å². The lowest BCUT2D eigenvalue weighted by atomic mass is 10.1. The van der Waals surface area contributed by atoms with Crippen LogP contribution in [0.4, 0.5) is 4.39 Å². The number of carbonyl (C=O) groups excluding carboxylic acids is 1. The number of nitrogens with zero attached hydrogens (tertiary/aromatic N) is 1. The molecule has 1 aromatic carbocycles. The molecule has 1 saturated carbocycles. The lowest BCUT2D eigenvalue weighted by molar-refractivity contribution is -0.122. The first-order valence-corrected chi connectivity index (χ1v) is 10.5. The molecule has 3 N–H and O–H groups in total. The van der Waals surface area contributed by atoms with E-state index in [9.17, 15) is 17.6 Å². The summed E-state index contributed by atoms with van der Waals surface area (Å²) in [6.45, 7) is 1.21. The highest BCUT2D eigenvalue weighted by molar-refractivity contribution is 7.89. The summed E-state index contributed by atoms with van der Waals surface area (Å²) in [5, 5.41) is 8.92. The van der Waals surface area contributed by atoms with E-state index in [1.807, 2.05) is 0 Å². The third-order valence-electron chi connectivity index (χ3n) is 3.92. The van der Waals surface area contributed by atoms with Gasteiger partial charge in [-0.2, -0.15) is 0 Å². The summed E-state index contributed by atoms with van der Waals surface area (Å²) < 4.78 is 36.6. The van der Waals surface area contributed by atoms with Gasteiger partial charge in [0, 0.05) is 38.9 Å². The Bertz CT molecular complexity index is 776. The van der Waals surface area contributed by atoms with Crippen LogP contribution in [0.25, 0.3) is 0 Å². The molecular weight excluding hydrogens is 359 g/mol. The van der Waals surface area contributed by atoms with E-state index >= 15 is 0 Å². The number of hydrogen-bond donors (Lipinski definition) is 3. The number of halogens is 1. The van der Waals surface area contributed by atoms with Crippen LogP contribution >= 0.6 is 0 Å². The van der Waals surface area contributed by atoms with Crippen LogP contribution in [0, 0.1) is 11.7 Å². The van der Waals surface area contributed by atoms with Crippen LogP contribution < -0.4 is 16.0 Å². The molecule has 0 bridgehead atoms. The molecule has 1 aromatic rings. The van der Waals surface area contributed by atoms with Crippen molar-refractivity contribution >= 4 is 21.7 Å². The summed E-state index contributed by atoms with van der Waals surface area (Å²) >= 11 is 0. The van der Waals surface area contributed by atoms with Gasteiger partial charge in [-0.25, -0.2) is 12.8 Å². The van der Waals surface area contributed by atoms with E-state index < -0.39 is 15.7 Å². The fourth-order valence-electron chi connectivity index (χ4n) is 2.44. The second kappa shape index (κ2) is 8.98. The Labute approximate surface area is 153 Å². The van der Waals surface area contributed by atoms with E-state index in [-0.39, 0.29) is 24.1 Å². The van der Waals surface area contributed by atoms with Crippen LogP contribution in [-0.2, 0) is 26.9 Å². The summed E-state index contributed by atoms with van der Waals surface area (Å²) in [5.41, 5.74) is 1.11. The van der Waals surface area contributed by atoms with Crippen LogP contribution in [0.3, 0.4) is 0 Å². The van der Waals surface area contributed by atoms with Gasteiger partial charge in [0.05, 0.1) is 5.75 Å². The minimum atomic E-state index is -3.22. The Hall–Kier alpha value is -2.16. The minimum absolute atomic E-state index is 0.0833. The molecule has 2 rings (SSSR count). The SMILES string of the molecule is CN=C(NCCNC(=O)C1CC1)NCc1cc(F)ccc1CS(C)(=O)=O. The highest BCUT2D eigenvalue weighted by Crippen LogP contribution is 2.28. The Morgan fingerprint density at radius 1 is 1.19 bits per heavy atom. The molecule has 0 aromatic heterocycles. The quantitative estimate of drug-likeness (QED) is 0.346. The molecule has 1 aliphatic carbocycles. The third kappa shape index (κ3) is 6.99. The third-order valence-corrected chi connectivity index (χ3v) is 4.76. The van der Waals surface area contributed by atoms with Gasteiger partial charge >= 0.3 is 0 Å². The van der Waals surface area contributed by atoms with Gasteiger partial charge in [-0.05, 0) is 36.1 Å². The molecule has 144 valence electrons. The number of carbonyl (C=O) groups is 1. The topological polar surface area (TPSA) is 99.7 Å². The summed E-state index contributed by atoms with van der Waals surface area (Å²) in [7, 11) is -1.62. The monoisotopic (exact) mass is 384 g/mol. The summed E-state index contributed by atoms with van der Waals surface area (Å²) in [4.78, 5) is 15.6. The number of guanidine groups is 1. The molecule has 1 amide bonds. The van der Waals surface area contributed by atoms with Crippen molar-refractivity contribution in [3.63, 3.8) is 0 Å². The highest BCUT2D eigenvalue weighted by atomic mass is 32.2. The van der Waals surface area contributed by atoms with Crippen molar-refractivity contribution in [3.05, 3.63) is 35.1 Å². The summed E-state index contributed by atoms with van der Waals surface area (Å²) in [6.07, 6.45) is 3.07. The van der Waals surface area contributed by atoms with Gasteiger partial charge in [0.15, 0.2) is 15.8 Å². The van der Waals surface area contributed by atoms with Crippen molar-refractivity contribution in [2.75, 3.05) is 26.4 Å². The van der Waals surface area contributed by atoms with Crippen LogP contribution in [0.2, 0.25) is 0 Å². The fraction of sp³-hybridized carbons (Fsp3) is 0.529. The molecule has 0 spiro atoms. The molecule has 9 heteroatoms. The zero-order valence-electron chi connectivity index (χ0n) is 15.0. The molecule has 0 aliphatic heterocycles. The second-order valence-electron chi connectivity index (χ2n) is 6.40. The summed E-state index contributed by atoms with van der Waals surface area (Å²) in [6, 6.07) is 4.05. The van der Waals surface area contributed by atoms with Crippen molar-refractivity contribution in [2.24, 2.45) is 10.9 Å². The predicted octanol–water partition coefficient (Wildman–Crippen LogP) is 0.562. The number of hydrogen-bond acceptors (Lipinski definition) is 4. The Morgan fingerprint density at radius 3 is 2.50 bits per heavy atom. The second-order valence-corrected chi connectivity index (χ2v) is 8.54. The average molecular weight is 384 g/mol. The molecule has 1 aliphatic rings. The molecule has 0 radical (unpaired) electrons. The van der Waals surface area contributed by atoms with Gasteiger partial charge in [0.1, 0.15) is 5.82 Å². The van der Waals surface area contributed by atoms with Crippen molar-refractivity contribution in [1.82, 2.24) is 16.0 Å². The lowest BCUT2D eigenvalue weighted by Gasteiger charge is -2.14. The van der Waals surface area contributed by atoms with Gasteiger partial charge in [-0.15, -0.1) is 0 Å². The number of sulfone groups is 1. The predicted molar refractivity (Wildman–Crippen MR) is 98.9 cm³/mol. The smallest absolute Gasteiger partial charge is 0.223 e. The van der Waals surface area contributed by atoms with E-state index in [2.05, 4.69) is 20.9 Å². The number of amides is 1. The minimum Gasteiger partial charge on any atom is -0.355 e. The Balaban J connectivity index is 1.85. The highest BCUT2D eigenvalue weighted by Gasteiger charge is 2.28. The van der Waals surface area contributed by atoms with Crippen LogP contribution in [0.15, 0.2) is 23.2 Å². The Kier molecular flexibility index (Phi) is 6.96. The Morgan fingerprint density at radius 2 is 1.88 bits per heavy atom. The maximum Gasteiger partial charge on any atom is 0.223 e. The van der Waals surface area contributed by atoms with Gasteiger partial charge in [-0.1, -0.05) is 6.07 Å². The number of rotatable bonds is 8. The van der Waals surface area contributed by atoms with Crippen LogP contribution in [0.1, 0.15) is 24.0 Å². The van der Waals surface area contributed by atoms with E-state index in [1.165, 1.54) is 18.2 Å². The first kappa shape index (κ1) is 20.2. The maximum atomic E-state index is 13.5. The standard InChI is InChI=1S/C17H25FN4O3S/c1-19-17(21-8-7-20-16(23)12-3-4-12)22-10-14-9-15(18)6-5-13(14)11-26(2,24)25/h5-6,9,12H,3-4,7-8,10-11H2,1-2H3,(H,20,23)(H2,19,21,22). The number of benzene rings is 1. The number of nitrogens with one attached hydrogen (secondary N) is 3. The van der Waals surface area contributed by atoms with E-state index in [1.54, 1.807) is 7.05 Å². The molecule has 0 saturated heterocycles. The van der Waals surface area contributed by atoms with Crippen molar-refractivity contribution in [3.8, 4) is 0 Å². The molecular formula is C17H25FN4O3S. The van der Waals surface area contributed by atoms with Crippen molar-refractivity contribution in [1.29, 1.82) is 0 Å². The molecule has 0 atom stereocenters. The van der Waals surface area contributed by atoms with Gasteiger partial charge in [0.2, 0.25) is 5.91 Å². The maximum absolute atomic E-state index is 13.5. The van der Waals surface area contributed by atoms with Crippen LogP contribution in [-0.4, -0.2) is 46.7 Å². The zero-order valence-corrected chi connectivity index (χ0v) is 15.8. The molecule has 0 unspecified atom stereocenters. The summed E-state index contributed by atoms with van der Waals surface area (Å²) in [5.74, 6) is 0.169.